The summed E-state index contributed by atoms with van der Waals surface area (Å²) in [6, 6.07) is 10.6. The molecule has 1 aliphatic carbocycles. The number of aryl methyl sites for hydroxylation is 2. The molecule has 4 heterocycles. The minimum atomic E-state index is -1.77. The summed E-state index contributed by atoms with van der Waals surface area (Å²) in [4.78, 5) is 32.0. The van der Waals surface area contributed by atoms with Gasteiger partial charge in [0.25, 0.3) is 5.56 Å². The maximum Gasteiger partial charge on any atom is 0.278 e. The van der Waals surface area contributed by atoms with Crippen molar-refractivity contribution in [2.75, 3.05) is 37.4 Å². The van der Waals surface area contributed by atoms with Gasteiger partial charge in [-0.2, -0.15) is 4.98 Å². The van der Waals surface area contributed by atoms with Crippen LogP contribution in [0.15, 0.2) is 54.0 Å². The Hall–Kier alpha value is -4.02. The Morgan fingerprint density at radius 3 is 2.73 bits per heavy atom. The smallest absolute Gasteiger partial charge is 0.278 e. The van der Waals surface area contributed by atoms with Gasteiger partial charge in [-0.1, -0.05) is 12.1 Å². The first kappa shape index (κ1) is 25.9. The van der Waals surface area contributed by atoms with E-state index in [4.69, 9.17) is 6.35 Å². The molecular formula is C31H38N8O2. The summed E-state index contributed by atoms with van der Waals surface area (Å²) in [5.41, 5.74) is 4.53. The minimum Gasteiger partial charge on any atom is -0.387 e. The summed E-state index contributed by atoms with van der Waals surface area (Å²) in [6.45, 7) is 8.22. The second-order valence-electron chi connectivity index (χ2n) is 11.2. The van der Waals surface area contributed by atoms with Crippen LogP contribution < -0.4 is 15.8 Å². The molecule has 10 heteroatoms. The number of rotatable bonds is 7. The Balaban J connectivity index is 1.33. The van der Waals surface area contributed by atoms with E-state index in [9.17, 15) is 9.90 Å². The SMILES string of the molecule is [2H][C@]1(O)CCCc2ccc(-n3c4nc(Nc5ccc(N6CCC(N(C)C)CC6)c(C)c5)ncc4c(=O)n3CC=C)nc21. The second kappa shape index (κ2) is 11.1. The first-order chi connectivity index (χ1) is 20.2. The molecule has 0 spiro atoms. The predicted octanol–water partition coefficient (Wildman–Crippen LogP) is 4.12. The van der Waals surface area contributed by atoms with Gasteiger partial charge in [0.05, 0.1) is 19.7 Å². The summed E-state index contributed by atoms with van der Waals surface area (Å²) in [7, 11) is 4.30. The fourth-order valence-corrected chi connectivity index (χ4v) is 6.06. The number of hydrogen-bond acceptors (Lipinski definition) is 8. The molecule has 2 N–H and O–H groups in total. The van der Waals surface area contributed by atoms with Crippen LogP contribution in [0.1, 0.15) is 50.0 Å². The molecule has 1 atom stereocenters. The van der Waals surface area contributed by atoms with Crippen LogP contribution in [0.4, 0.5) is 17.3 Å². The average Bonchev–Trinajstić information content (AvgIpc) is 3.23. The highest BCUT2D eigenvalue weighted by molar-refractivity contribution is 5.77. The third kappa shape index (κ3) is 5.13. The molecule has 2 aliphatic rings. The molecule has 0 saturated carbocycles. The van der Waals surface area contributed by atoms with Gasteiger partial charge in [0.1, 0.15) is 5.39 Å². The number of aliphatic hydroxyl groups is 1. The van der Waals surface area contributed by atoms with Crippen molar-refractivity contribution in [1.29, 1.82) is 0 Å². The van der Waals surface area contributed by atoms with Gasteiger partial charge >= 0.3 is 0 Å². The van der Waals surface area contributed by atoms with Gasteiger partial charge < -0.3 is 20.2 Å². The van der Waals surface area contributed by atoms with Crippen LogP contribution in [0, 0.1) is 6.92 Å². The molecule has 214 valence electrons. The molecule has 0 radical (unpaired) electrons. The molecule has 4 aromatic rings. The van der Waals surface area contributed by atoms with E-state index < -0.39 is 6.08 Å². The van der Waals surface area contributed by atoms with E-state index in [1.807, 2.05) is 12.1 Å². The van der Waals surface area contributed by atoms with E-state index in [1.54, 1.807) is 16.8 Å². The summed E-state index contributed by atoms with van der Waals surface area (Å²) < 4.78 is 11.5. The molecule has 0 unspecified atom stereocenters. The Labute approximate surface area is 241 Å². The molecule has 1 aliphatic heterocycles. The monoisotopic (exact) mass is 555 g/mol. The number of fused-ring (bicyclic) bond motifs is 2. The van der Waals surface area contributed by atoms with Crippen LogP contribution in [0.3, 0.4) is 0 Å². The van der Waals surface area contributed by atoms with E-state index in [2.05, 4.69) is 64.8 Å². The Kier molecular flexibility index (Phi) is 7.02. The number of nitrogens with zero attached hydrogens (tertiary/aromatic N) is 7. The van der Waals surface area contributed by atoms with Crippen molar-refractivity contribution >= 4 is 28.4 Å². The zero-order valence-electron chi connectivity index (χ0n) is 25.0. The lowest BCUT2D eigenvalue weighted by molar-refractivity contribution is 0.151. The van der Waals surface area contributed by atoms with Crippen molar-refractivity contribution in [2.45, 2.75) is 57.7 Å². The Morgan fingerprint density at radius 1 is 1.20 bits per heavy atom. The third-order valence-electron chi connectivity index (χ3n) is 8.28. The van der Waals surface area contributed by atoms with Gasteiger partial charge in [0.15, 0.2) is 11.5 Å². The standard InChI is InChI=1S/C31H38N8O2/c1-5-15-38-30(41)24-19-32-31(35-29(24)39(38)27-12-9-21-7-6-8-26(40)28(21)34-27)33-22-10-11-25(20(2)18-22)37-16-13-23(14-17-37)36(3)4/h5,9-12,18-19,23,26,40H,1,6-8,13-17H2,2-4H3,(H,32,33,35)/t26-/m0/s1/i26D. The lowest BCUT2D eigenvalue weighted by Crippen LogP contribution is -2.42. The van der Waals surface area contributed by atoms with Crippen LogP contribution in [0.25, 0.3) is 16.9 Å². The first-order valence-corrected chi connectivity index (χ1v) is 14.3. The van der Waals surface area contributed by atoms with Crippen molar-refractivity contribution in [1.82, 2.24) is 29.2 Å². The van der Waals surface area contributed by atoms with Gasteiger partial charge in [-0.25, -0.2) is 19.3 Å². The Morgan fingerprint density at radius 2 is 2.00 bits per heavy atom. The molecule has 1 saturated heterocycles. The van der Waals surface area contributed by atoms with Crippen LogP contribution in [0.2, 0.25) is 0 Å². The summed E-state index contributed by atoms with van der Waals surface area (Å²) in [6.07, 6.45) is 5.46. The van der Waals surface area contributed by atoms with Gasteiger partial charge in [0.2, 0.25) is 5.95 Å². The molecule has 10 nitrogen and oxygen atoms in total. The Bertz CT molecular complexity index is 1700. The third-order valence-corrected chi connectivity index (χ3v) is 8.28. The highest BCUT2D eigenvalue weighted by atomic mass is 16.3. The normalized spacial score (nSPS) is 19.8. The number of anilines is 3. The van der Waals surface area contributed by atoms with Crippen molar-refractivity contribution in [3.8, 4) is 5.82 Å². The van der Waals surface area contributed by atoms with Gasteiger partial charge in [-0.3, -0.25) is 4.79 Å². The zero-order chi connectivity index (χ0) is 29.6. The van der Waals surface area contributed by atoms with Crippen molar-refractivity contribution in [2.24, 2.45) is 0 Å². The van der Waals surface area contributed by atoms with Crippen LogP contribution in [0.5, 0.6) is 0 Å². The van der Waals surface area contributed by atoms with Gasteiger partial charge in [-0.05, 0) is 88.5 Å². The van der Waals surface area contributed by atoms with E-state index in [-0.39, 0.29) is 12.1 Å². The lowest BCUT2D eigenvalue weighted by Gasteiger charge is -2.37. The number of nitrogens with one attached hydrogen (secondary N) is 1. The summed E-state index contributed by atoms with van der Waals surface area (Å²) in [5.74, 6) is 0.749. The van der Waals surface area contributed by atoms with E-state index in [0.29, 0.717) is 41.0 Å². The number of allylic oxidation sites excluding steroid dienone is 1. The molecule has 41 heavy (non-hydrogen) atoms. The number of aromatic nitrogens is 5. The summed E-state index contributed by atoms with van der Waals surface area (Å²) >= 11 is 0. The molecule has 0 amide bonds. The van der Waals surface area contributed by atoms with E-state index >= 15 is 0 Å². The highest BCUT2D eigenvalue weighted by Gasteiger charge is 2.24. The van der Waals surface area contributed by atoms with E-state index in [0.717, 1.165) is 50.0 Å². The highest BCUT2D eigenvalue weighted by Crippen LogP contribution is 2.30. The fraction of sp³-hybridized carbons (Fsp3) is 0.419. The molecule has 0 bridgehead atoms. The van der Waals surface area contributed by atoms with Crippen molar-refractivity contribution < 1.29 is 6.48 Å². The number of hydrogen-bond donors (Lipinski definition) is 2. The van der Waals surface area contributed by atoms with E-state index in [1.165, 1.54) is 22.1 Å². The summed E-state index contributed by atoms with van der Waals surface area (Å²) in [5, 5.41) is 14.4. The largest absolute Gasteiger partial charge is 0.387 e. The molecule has 1 aromatic carbocycles. The zero-order valence-corrected chi connectivity index (χ0v) is 24.0. The number of piperidine rings is 1. The first-order valence-electron chi connectivity index (χ1n) is 14.8. The molecule has 3 aromatic heterocycles. The second-order valence-corrected chi connectivity index (χ2v) is 11.2. The maximum absolute atomic E-state index is 13.4. The van der Waals surface area contributed by atoms with Crippen LogP contribution in [-0.4, -0.2) is 67.5 Å². The fourth-order valence-electron chi connectivity index (χ4n) is 6.06. The lowest BCUT2D eigenvalue weighted by atomic mass is 9.94. The minimum absolute atomic E-state index is 0.230. The quantitative estimate of drug-likeness (QED) is 0.328. The average molecular weight is 556 g/mol. The van der Waals surface area contributed by atoms with Crippen LogP contribution >= 0.6 is 0 Å². The number of pyridine rings is 1. The maximum atomic E-state index is 13.4. The van der Waals surface area contributed by atoms with Crippen LogP contribution in [-0.2, 0) is 13.0 Å². The molecule has 6 rings (SSSR count). The number of benzene rings is 1. The molecular weight excluding hydrogens is 516 g/mol. The predicted molar refractivity (Wildman–Crippen MR) is 162 cm³/mol. The van der Waals surface area contributed by atoms with Crippen molar-refractivity contribution in [3.05, 3.63) is 76.4 Å². The topological polar surface area (TPSA) is 104 Å². The van der Waals surface area contributed by atoms with Gasteiger partial charge in [0, 0.05) is 36.7 Å². The van der Waals surface area contributed by atoms with Crippen molar-refractivity contribution in [3.63, 3.8) is 0 Å². The molecule has 1 fully saturated rings. The van der Waals surface area contributed by atoms with Gasteiger partial charge in [-0.15, -0.1) is 6.58 Å².